The first-order valence-electron chi connectivity index (χ1n) is 15.8. The van der Waals surface area contributed by atoms with Gasteiger partial charge in [0.2, 0.25) is 29.5 Å². The van der Waals surface area contributed by atoms with Crippen LogP contribution in [0.2, 0.25) is 0 Å². The van der Waals surface area contributed by atoms with Gasteiger partial charge in [0.05, 0.1) is 6.54 Å². The Hall–Kier alpha value is -4.94. The summed E-state index contributed by atoms with van der Waals surface area (Å²) < 4.78 is 0. The van der Waals surface area contributed by atoms with Crippen LogP contribution in [0.3, 0.4) is 0 Å². The van der Waals surface area contributed by atoms with Crippen molar-refractivity contribution in [2.75, 3.05) is 39.1 Å². The van der Waals surface area contributed by atoms with E-state index in [2.05, 4.69) is 26.6 Å². The van der Waals surface area contributed by atoms with Crippen LogP contribution < -0.4 is 31.5 Å². The molecule has 1 heterocycles. The summed E-state index contributed by atoms with van der Waals surface area (Å²) in [5.41, 5.74) is 1.96. The van der Waals surface area contributed by atoms with Gasteiger partial charge in [0, 0.05) is 45.4 Å². The predicted octanol–water partition coefficient (Wildman–Crippen LogP) is 0.592. The van der Waals surface area contributed by atoms with Crippen LogP contribution in [0.5, 0.6) is 0 Å². The second kappa shape index (κ2) is 17.1. The molecule has 254 valence electrons. The Balaban J connectivity index is 1.85. The van der Waals surface area contributed by atoms with E-state index >= 15 is 0 Å². The Morgan fingerprint density at radius 3 is 2.30 bits per heavy atom. The van der Waals surface area contributed by atoms with Gasteiger partial charge in [0.15, 0.2) is 0 Å². The topological polar surface area (TPSA) is 169 Å². The van der Waals surface area contributed by atoms with E-state index in [4.69, 9.17) is 0 Å². The molecule has 3 rings (SSSR count). The zero-order valence-corrected chi connectivity index (χ0v) is 28.0. The lowest BCUT2D eigenvalue weighted by molar-refractivity contribution is -0.139. The number of nitrogens with one attached hydrogen (secondary N) is 5. The highest BCUT2D eigenvalue weighted by atomic mass is 16.2. The lowest BCUT2D eigenvalue weighted by Gasteiger charge is -2.28. The molecule has 1 saturated heterocycles. The quantitative estimate of drug-likeness (QED) is 0.305. The highest BCUT2D eigenvalue weighted by molar-refractivity contribution is 5.99. The maximum atomic E-state index is 13.6. The molecule has 6 amide bonds. The molecule has 2 aromatic rings. The molecule has 0 bridgehead atoms. The van der Waals surface area contributed by atoms with Crippen LogP contribution in [0.1, 0.15) is 49.5 Å². The second-order valence-corrected chi connectivity index (χ2v) is 12.4. The van der Waals surface area contributed by atoms with Gasteiger partial charge >= 0.3 is 0 Å². The molecule has 2 aromatic carbocycles. The van der Waals surface area contributed by atoms with Crippen LogP contribution in [0.25, 0.3) is 0 Å². The average molecular weight is 650 g/mol. The minimum Gasteiger partial charge on any atom is -0.378 e. The maximum Gasteiger partial charge on any atom is 0.252 e. The summed E-state index contributed by atoms with van der Waals surface area (Å²) in [7, 11) is 5.18. The van der Waals surface area contributed by atoms with Gasteiger partial charge in [0.25, 0.3) is 5.91 Å². The van der Waals surface area contributed by atoms with Crippen LogP contribution in [-0.4, -0.2) is 98.7 Å². The van der Waals surface area contributed by atoms with Crippen molar-refractivity contribution in [3.63, 3.8) is 0 Å². The van der Waals surface area contributed by atoms with E-state index in [-0.39, 0.29) is 31.8 Å². The van der Waals surface area contributed by atoms with Crippen molar-refractivity contribution in [2.24, 2.45) is 5.92 Å². The van der Waals surface area contributed by atoms with E-state index in [1.54, 1.807) is 32.0 Å². The van der Waals surface area contributed by atoms with E-state index in [0.29, 0.717) is 12.0 Å². The van der Waals surface area contributed by atoms with E-state index in [1.165, 1.54) is 18.9 Å². The van der Waals surface area contributed by atoms with Crippen molar-refractivity contribution in [3.8, 4) is 0 Å². The molecule has 0 aliphatic carbocycles. The molecule has 47 heavy (non-hydrogen) atoms. The van der Waals surface area contributed by atoms with Crippen molar-refractivity contribution in [3.05, 3.63) is 65.7 Å². The summed E-state index contributed by atoms with van der Waals surface area (Å²) in [5.74, 6) is -3.49. The SMILES string of the molecule is CC(C)[C@H]1NC(=O)[C@@H](NC(=O)c2cccc(N(C)C)c2)CCCNC(=O)CN(C)C(=O)[C@H](Cc2ccccc2)NC(=O)[C@@H](C)NC1=O. The van der Waals surface area contributed by atoms with Crippen molar-refractivity contribution >= 4 is 41.1 Å². The molecule has 4 atom stereocenters. The summed E-state index contributed by atoms with van der Waals surface area (Å²) in [5, 5.41) is 13.7. The minimum absolute atomic E-state index is 0.157. The second-order valence-electron chi connectivity index (χ2n) is 12.4. The Labute approximate surface area is 276 Å². The Morgan fingerprint density at radius 2 is 1.64 bits per heavy atom. The average Bonchev–Trinajstić information content (AvgIpc) is 3.03. The van der Waals surface area contributed by atoms with Gasteiger partial charge in [-0.2, -0.15) is 0 Å². The fraction of sp³-hybridized carbons (Fsp3) is 0.471. The largest absolute Gasteiger partial charge is 0.378 e. The number of hydrogen-bond donors (Lipinski definition) is 5. The van der Waals surface area contributed by atoms with E-state index < -0.39 is 59.6 Å². The molecule has 1 fully saturated rings. The summed E-state index contributed by atoms with van der Waals surface area (Å²) in [6.07, 6.45) is 0.654. The van der Waals surface area contributed by atoms with Crippen LogP contribution in [-0.2, 0) is 30.4 Å². The van der Waals surface area contributed by atoms with E-state index in [1.807, 2.05) is 55.4 Å². The smallest absolute Gasteiger partial charge is 0.252 e. The molecule has 0 saturated carbocycles. The zero-order valence-electron chi connectivity index (χ0n) is 28.0. The summed E-state index contributed by atoms with van der Waals surface area (Å²) in [6.45, 7) is 4.90. The summed E-state index contributed by atoms with van der Waals surface area (Å²) >= 11 is 0. The lowest BCUT2D eigenvalue weighted by Crippen LogP contribution is -2.59. The maximum absolute atomic E-state index is 13.6. The number of carbonyl (C=O) groups excluding carboxylic acids is 6. The number of hydrogen-bond acceptors (Lipinski definition) is 7. The van der Waals surface area contributed by atoms with Gasteiger partial charge < -0.3 is 36.4 Å². The van der Waals surface area contributed by atoms with Gasteiger partial charge in [-0.25, -0.2) is 0 Å². The van der Waals surface area contributed by atoms with Gasteiger partial charge in [-0.05, 0) is 49.4 Å². The number of rotatable bonds is 6. The minimum atomic E-state index is -1.06. The molecule has 13 heteroatoms. The van der Waals surface area contributed by atoms with Crippen molar-refractivity contribution < 1.29 is 28.8 Å². The first kappa shape index (κ1) is 36.5. The standard InChI is InChI=1S/C34H47N7O6/c1-21(2)29-33(46)36-22(3)30(43)38-27(18-23-12-8-7-9-13-23)34(47)41(6)20-28(42)35-17-11-16-26(32(45)39-29)37-31(44)24-14-10-15-25(19-24)40(4)5/h7-10,12-15,19,21-22,26-27,29H,11,16-18,20H2,1-6H3,(H,35,42)(H,36,46)(H,37,44)(H,38,43)(H,39,45)/t22-,26+,27+,29-/m1/s1. The fourth-order valence-electron chi connectivity index (χ4n) is 5.09. The predicted molar refractivity (Wildman–Crippen MR) is 178 cm³/mol. The summed E-state index contributed by atoms with van der Waals surface area (Å²) in [6, 6.07) is 12.0. The highest BCUT2D eigenvalue weighted by Crippen LogP contribution is 2.14. The summed E-state index contributed by atoms with van der Waals surface area (Å²) in [4.78, 5) is 82.8. The Kier molecular flexibility index (Phi) is 13.3. The van der Waals surface area contributed by atoms with E-state index in [0.717, 1.165) is 11.3 Å². The van der Waals surface area contributed by atoms with Crippen molar-refractivity contribution in [1.29, 1.82) is 0 Å². The third-order valence-corrected chi connectivity index (χ3v) is 7.89. The number of amides is 6. The monoisotopic (exact) mass is 649 g/mol. The van der Waals surface area contributed by atoms with Gasteiger partial charge in [-0.1, -0.05) is 50.2 Å². The molecule has 5 N–H and O–H groups in total. The fourth-order valence-corrected chi connectivity index (χ4v) is 5.09. The van der Waals surface area contributed by atoms with Gasteiger partial charge in [-0.15, -0.1) is 0 Å². The molecule has 0 radical (unpaired) electrons. The molecular formula is C34H47N7O6. The first-order valence-corrected chi connectivity index (χ1v) is 15.8. The number of nitrogens with zero attached hydrogens (tertiary/aromatic N) is 2. The Bertz CT molecular complexity index is 1430. The third kappa shape index (κ3) is 10.8. The molecule has 1 aliphatic rings. The van der Waals surface area contributed by atoms with Crippen molar-refractivity contribution in [1.82, 2.24) is 31.5 Å². The molecule has 0 spiro atoms. The van der Waals surface area contributed by atoms with Crippen LogP contribution in [0.15, 0.2) is 54.6 Å². The number of anilines is 1. The molecular weight excluding hydrogens is 602 g/mol. The van der Waals surface area contributed by atoms with Gasteiger partial charge in [0.1, 0.15) is 24.2 Å². The number of carbonyl (C=O) groups is 6. The Morgan fingerprint density at radius 1 is 0.936 bits per heavy atom. The number of likely N-dealkylation sites (N-methyl/N-ethyl adjacent to an activating group) is 1. The van der Waals surface area contributed by atoms with E-state index in [9.17, 15) is 28.8 Å². The molecule has 0 unspecified atom stereocenters. The number of benzene rings is 2. The lowest BCUT2D eigenvalue weighted by atomic mass is 10.0. The van der Waals surface area contributed by atoms with Gasteiger partial charge in [-0.3, -0.25) is 28.8 Å². The molecule has 1 aliphatic heterocycles. The highest BCUT2D eigenvalue weighted by Gasteiger charge is 2.32. The van der Waals surface area contributed by atoms with Crippen LogP contribution >= 0.6 is 0 Å². The molecule has 13 nitrogen and oxygen atoms in total. The normalized spacial score (nSPS) is 22.3. The zero-order chi connectivity index (χ0) is 34.7. The van der Waals surface area contributed by atoms with Crippen molar-refractivity contribution in [2.45, 2.75) is 64.2 Å². The van der Waals surface area contributed by atoms with Crippen LogP contribution in [0, 0.1) is 5.92 Å². The van der Waals surface area contributed by atoms with Crippen LogP contribution in [0.4, 0.5) is 5.69 Å². The molecule has 0 aromatic heterocycles. The third-order valence-electron chi connectivity index (χ3n) is 7.89. The first-order chi connectivity index (χ1) is 22.3.